The van der Waals surface area contributed by atoms with Gasteiger partial charge in [-0.2, -0.15) is 0 Å². The molecule has 0 N–H and O–H groups in total. The minimum absolute atomic E-state index is 0.0556. The summed E-state index contributed by atoms with van der Waals surface area (Å²) in [5.41, 5.74) is 3.83. The lowest BCUT2D eigenvalue weighted by atomic mass is 10.1. The number of methoxy groups -OCH3 is 1. The molecule has 2 aromatic rings. The summed E-state index contributed by atoms with van der Waals surface area (Å²) in [6.45, 7) is 5.00. The fraction of sp³-hybridized carbons (Fsp3) is 0.562. The highest BCUT2D eigenvalue weighted by Crippen LogP contribution is 2.35. The van der Waals surface area contributed by atoms with Gasteiger partial charge in [0.15, 0.2) is 0 Å². The van der Waals surface area contributed by atoms with Gasteiger partial charge in [0, 0.05) is 48.9 Å². The Morgan fingerprint density at radius 2 is 1.53 bits per heavy atom. The summed E-state index contributed by atoms with van der Waals surface area (Å²) in [6.07, 6.45) is 11.1. The number of para-hydroxylation sites is 1. The van der Waals surface area contributed by atoms with Gasteiger partial charge >= 0.3 is 0 Å². The summed E-state index contributed by atoms with van der Waals surface area (Å²) in [7, 11) is 1.70. The lowest BCUT2D eigenvalue weighted by Crippen LogP contribution is -2.36. The molecule has 2 aromatic carbocycles. The molecule has 0 aromatic heterocycles. The molecule has 0 spiro atoms. The summed E-state index contributed by atoms with van der Waals surface area (Å²) >= 11 is 0. The normalized spacial score (nSPS) is 19.7. The molecule has 1 saturated heterocycles. The van der Waals surface area contributed by atoms with E-state index < -0.39 is 0 Å². The van der Waals surface area contributed by atoms with Crippen molar-refractivity contribution in [2.45, 2.75) is 77.3 Å². The van der Waals surface area contributed by atoms with Gasteiger partial charge < -0.3 is 14.5 Å². The molecule has 0 unspecified atom stereocenters. The average Bonchev–Trinajstić information content (AvgIpc) is 3.67. The maximum absolute atomic E-state index is 14.0. The fourth-order valence-electron chi connectivity index (χ4n) is 5.94. The van der Waals surface area contributed by atoms with Gasteiger partial charge in [0.2, 0.25) is 5.91 Å². The first-order valence-electron chi connectivity index (χ1n) is 14.7. The topological polar surface area (TPSA) is 53.1 Å². The quantitative estimate of drug-likeness (QED) is 0.486. The molecule has 204 valence electrons. The van der Waals surface area contributed by atoms with Crippen molar-refractivity contribution in [1.82, 2.24) is 9.80 Å². The van der Waals surface area contributed by atoms with Crippen molar-refractivity contribution in [2.75, 3.05) is 38.2 Å². The third kappa shape index (κ3) is 6.58. The van der Waals surface area contributed by atoms with E-state index in [9.17, 15) is 9.59 Å². The van der Waals surface area contributed by atoms with E-state index in [2.05, 4.69) is 17.0 Å². The summed E-state index contributed by atoms with van der Waals surface area (Å²) < 4.78 is 5.66. The van der Waals surface area contributed by atoms with Crippen molar-refractivity contribution in [3.8, 4) is 5.75 Å². The molecule has 6 nitrogen and oxygen atoms in total. The molecule has 3 aliphatic rings. The predicted molar refractivity (Wildman–Crippen MR) is 151 cm³/mol. The minimum atomic E-state index is 0.0556. The molecule has 2 heterocycles. The highest BCUT2D eigenvalue weighted by Gasteiger charge is 2.34. The van der Waals surface area contributed by atoms with E-state index in [1.54, 1.807) is 7.11 Å². The second-order valence-corrected chi connectivity index (χ2v) is 11.3. The number of carbonyl (C=O) groups is 2. The summed E-state index contributed by atoms with van der Waals surface area (Å²) in [4.78, 5) is 33.8. The van der Waals surface area contributed by atoms with Gasteiger partial charge in [-0.25, -0.2) is 0 Å². The van der Waals surface area contributed by atoms with Crippen LogP contribution in [-0.4, -0.2) is 54.9 Å². The average molecular weight is 518 g/mol. The molecular weight excluding hydrogens is 474 g/mol. The first-order valence-corrected chi connectivity index (χ1v) is 14.7. The second kappa shape index (κ2) is 12.8. The SMILES string of the molecule is COc1ccc(C(=O)N2CCCCCCCCN(C(=O)C3CC3)c3ccccc3C2)cc1CN1CCCC1. The highest BCUT2D eigenvalue weighted by atomic mass is 16.5. The largest absolute Gasteiger partial charge is 0.496 e. The fourth-order valence-corrected chi connectivity index (χ4v) is 5.94. The maximum Gasteiger partial charge on any atom is 0.254 e. The van der Waals surface area contributed by atoms with E-state index in [-0.39, 0.29) is 17.7 Å². The first kappa shape index (κ1) is 26.7. The molecule has 2 amide bonds. The summed E-state index contributed by atoms with van der Waals surface area (Å²) in [5, 5.41) is 0. The number of hydrogen-bond acceptors (Lipinski definition) is 4. The number of nitrogens with zero attached hydrogens (tertiary/aromatic N) is 3. The number of benzene rings is 2. The smallest absolute Gasteiger partial charge is 0.254 e. The van der Waals surface area contributed by atoms with Crippen molar-refractivity contribution in [2.24, 2.45) is 5.92 Å². The number of fused-ring (bicyclic) bond motifs is 1. The third-order valence-corrected chi connectivity index (χ3v) is 8.30. The molecule has 0 atom stereocenters. The Labute approximate surface area is 227 Å². The monoisotopic (exact) mass is 517 g/mol. The molecular formula is C32H43N3O3. The van der Waals surface area contributed by atoms with Crippen LogP contribution in [0, 0.1) is 5.92 Å². The molecule has 38 heavy (non-hydrogen) atoms. The Hall–Kier alpha value is -2.86. The number of rotatable bonds is 5. The zero-order valence-electron chi connectivity index (χ0n) is 23.0. The van der Waals surface area contributed by atoms with Crippen LogP contribution in [0.4, 0.5) is 5.69 Å². The van der Waals surface area contributed by atoms with Crippen molar-refractivity contribution >= 4 is 17.5 Å². The summed E-state index contributed by atoms with van der Waals surface area (Å²) in [5.74, 6) is 1.33. The molecule has 0 bridgehead atoms. The lowest BCUT2D eigenvalue weighted by Gasteiger charge is -2.29. The van der Waals surface area contributed by atoms with Crippen LogP contribution in [0.5, 0.6) is 5.75 Å². The van der Waals surface area contributed by atoms with E-state index in [1.165, 1.54) is 25.7 Å². The second-order valence-electron chi connectivity index (χ2n) is 11.3. The Kier molecular flexibility index (Phi) is 9.00. The van der Waals surface area contributed by atoms with Crippen molar-refractivity contribution < 1.29 is 14.3 Å². The van der Waals surface area contributed by atoms with E-state index in [0.717, 1.165) is 93.8 Å². The zero-order chi connectivity index (χ0) is 26.3. The van der Waals surface area contributed by atoms with Gasteiger partial charge in [-0.05, 0) is 81.4 Å². The van der Waals surface area contributed by atoms with Gasteiger partial charge in [-0.1, -0.05) is 43.9 Å². The lowest BCUT2D eigenvalue weighted by molar-refractivity contribution is -0.119. The van der Waals surface area contributed by atoms with E-state index in [1.807, 2.05) is 40.1 Å². The van der Waals surface area contributed by atoms with Crippen molar-refractivity contribution in [3.63, 3.8) is 0 Å². The van der Waals surface area contributed by atoms with Crippen molar-refractivity contribution in [1.29, 1.82) is 0 Å². The van der Waals surface area contributed by atoms with E-state index in [4.69, 9.17) is 4.74 Å². The number of carbonyl (C=O) groups excluding carboxylic acids is 2. The van der Waals surface area contributed by atoms with Crippen LogP contribution in [0.3, 0.4) is 0 Å². The first-order chi connectivity index (χ1) is 18.6. The molecule has 1 aliphatic carbocycles. The van der Waals surface area contributed by atoms with Crippen LogP contribution in [0.25, 0.3) is 0 Å². The predicted octanol–water partition coefficient (Wildman–Crippen LogP) is 6.03. The standard InChI is InChI=1S/C32H43N3O3/c1-38-30-17-16-26(22-28(30)23-33-18-10-11-19-33)31(36)34-20-8-4-2-3-5-9-21-35(32(37)25-14-15-25)29-13-7-6-12-27(29)24-34/h6-7,12-13,16-17,22,25H,2-5,8-11,14-15,18-21,23-24H2,1H3. The number of likely N-dealkylation sites (tertiary alicyclic amines) is 1. The van der Waals surface area contributed by atoms with Crippen molar-refractivity contribution in [3.05, 3.63) is 59.2 Å². The Balaban J connectivity index is 1.42. The highest BCUT2D eigenvalue weighted by molar-refractivity contribution is 5.97. The van der Waals surface area contributed by atoms with Crippen LogP contribution < -0.4 is 9.64 Å². The van der Waals surface area contributed by atoms with Gasteiger partial charge in [0.05, 0.1) is 7.11 Å². The minimum Gasteiger partial charge on any atom is -0.496 e. The Morgan fingerprint density at radius 3 is 2.26 bits per heavy atom. The van der Waals surface area contributed by atoms with Gasteiger partial charge in [0.1, 0.15) is 5.75 Å². The molecule has 0 radical (unpaired) electrons. The van der Waals surface area contributed by atoms with E-state index >= 15 is 0 Å². The van der Waals surface area contributed by atoms with Gasteiger partial charge in [-0.15, -0.1) is 0 Å². The van der Waals surface area contributed by atoms with Crippen LogP contribution >= 0.6 is 0 Å². The third-order valence-electron chi connectivity index (χ3n) is 8.30. The molecule has 6 heteroatoms. The number of amides is 2. The van der Waals surface area contributed by atoms with Crippen LogP contribution in [0.1, 0.15) is 85.7 Å². The van der Waals surface area contributed by atoms with Crippen LogP contribution in [0.2, 0.25) is 0 Å². The molecule has 2 fully saturated rings. The molecule has 5 rings (SSSR count). The number of hydrogen-bond donors (Lipinski definition) is 0. The van der Waals surface area contributed by atoms with Crippen LogP contribution in [0.15, 0.2) is 42.5 Å². The number of anilines is 1. The number of ether oxygens (including phenoxy) is 1. The van der Waals surface area contributed by atoms with Gasteiger partial charge in [-0.3, -0.25) is 14.5 Å². The van der Waals surface area contributed by atoms with Gasteiger partial charge in [0.25, 0.3) is 5.91 Å². The van der Waals surface area contributed by atoms with E-state index in [0.29, 0.717) is 12.1 Å². The Morgan fingerprint density at radius 1 is 0.842 bits per heavy atom. The maximum atomic E-state index is 14.0. The summed E-state index contributed by atoms with van der Waals surface area (Å²) in [6, 6.07) is 14.1. The van der Waals surface area contributed by atoms with Crippen LogP contribution in [-0.2, 0) is 17.9 Å². The molecule has 2 aliphatic heterocycles. The zero-order valence-corrected chi connectivity index (χ0v) is 23.0. The Bertz CT molecular complexity index is 1110. The molecule has 1 saturated carbocycles.